The maximum atomic E-state index is 13.0. The number of aromatic amines is 1. The van der Waals surface area contributed by atoms with E-state index in [1.165, 1.54) is 35.3 Å². The van der Waals surface area contributed by atoms with E-state index in [-0.39, 0.29) is 17.3 Å². The largest absolute Gasteiger partial charge is 0.340 e. The summed E-state index contributed by atoms with van der Waals surface area (Å²) >= 11 is 0. The van der Waals surface area contributed by atoms with E-state index >= 15 is 0 Å². The third kappa shape index (κ3) is 2.71. The first kappa shape index (κ1) is 15.7. The van der Waals surface area contributed by atoms with E-state index in [0.29, 0.717) is 11.2 Å². The van der Waals surface area contributed by atoms with Gasteiger partial charge >= 0.3 is 0 Å². The molecule has 0 bridgehead atoms. The summed E-state index contributed by atoms with van der Waals surface area (Å²) in [7, 11) is 0. The number of rotatable bonds is 4. The number of carbonyl (C=O) groups excluding carboxylic acids is 1. The van der Waals surface area contributed by atoms with E-state index in [9.17, 15) is 14.4 Å². The molecule has 1 atom stereocenters. The summed E-state index contributed by atoms with van der Waals surface area (Å²) in [5.41, 5.74) is 1.94. The van der Waals surface area contributed by atoms with Gasteiger partial charge < -0.3 is 4.98 Å². The van der Waals surface area contributed by atoms with E-state index in [1.54, 1.807) is 6.07 Å². The Morgan fingerprint density at radius 3 is 2.69 bits per heavy atom. The Kier molecular flexibility index (Phi) is 3.74. The van der Waals surface area contributed by atoms with E-state index in [0.717, 1.165) is 5.52 Å². The van der Waals surface area contributed by atoms with Crippen LogP contribution in [0.5, 0.6) is 0 Å². The molecule has 0 aliphatic heterocycles. The second kappa shape index (κ2) is 6.22. The normalized spacial score (nSPS) is 12.0. The first-order chi connectivity index (χ1) is 12.7. The molecule has 4 rings (SSSR count). The zero-order valence-corrected chi connectivity index (χ0v) is 13.3. The molecule has 2 aromatic carbocycles. The number of carbonyl (C=O) groups is 1. The van der Waals surface area contributed by atoms with Crippen molar-refractivity contribution in [2.24, 2.45) is 0 Å². The maximum absolute atomic E-state index is 13.0. The Hall–Kier alpha value is -3.86. The number of hydrogen-bond acceptors (Lipinski definition) is 5. The zero-order valence-electron chi connectivity index (χ0n) is 13.3. The third-order valence-corrected chi connectivity index (χ3v) is 3.87. The summed E-state index contributed by atoms with van der Waals surface area (Å²) in [4.78, 5) is 21.2. The van der Waals surface area contributed by atoms with Crippen molar-refractivity contribution < 1.29 is 9.18 Å². The first-order valence-electron chi connectivity index (χ1n) is 7.72. The highest BCUT2D eigenvalue weighted by Crippen LogP contribution is 2.20. The highest BCUT2D eigenvalue weighted by atomic mass is 19.1. The van der Waals surface area contributed by atoms with Crippen molar-refractivity contribution in [2.75, 3.05) is 0 Å². The van der Waals surface area contributed by atoms with Gasteiger partial charge in [-0.2, -0.15) is 15.2 Å². The summed E-state index contributed by atoms with van der Waals surface area (Å²) in [6.07, 6.45) is 1.28. The van der Waals surface area contributed by atoms with Crippen LogP contribution in [0.15, 0.2) is 54.7 Å². The number of fused-ring (bicyclic) bond motifs is 1. The average Bonchev–Trinajstić information content (AvgIpc) is 3.30. The van der Waals surface area contributed by atoms with Crippen molar-refractivity contribution >= 4 is 16.8 Å². The van der Waals surface area contributed by atoms with Gasteiger partial charge in [-0.25, -0.2) is 9.37 Å². The lowest BCUT2D eigenvalue weighted by Gasteiger charge is -2.02. The number of para-hydroxylation sites is 2. The number of hydrogen-bond donors (Lipinski definition) is 1. The molecular formula is C18H11FN6O. The second-order valence-electron chi connectivity index (χ2n) is 5.56. The molecule has 0 spiro atoms. The molecular weight excluding hydrogens is 335 g/mol. The molecule has 0 saturated carbocycles. The molecule has 2 aromatic heterocycles. The fourth-order valence-corrected chi connectivity index (χ4v) is 2.58. The van der Waals surface area contributed by atoms with Crippen molar-refractivity contribution in [2.45, 2.75) is 5.92 Å². The molecule has 1 unspecified atom stereocenters. The van der Waals surface area contributed by atoms with Gasteiger partial charge in [-0.1, -0.05) is 12.1 Å². The molecule has 26 heavy (non-hydrogen) atoms. The lowest BCUT2D eigenvalue weighted by molar-refractivity contribution is 0.0971. The molecule has 8 heteroatoms. The van der Waals surface area contributed by atoms with Crippen molar-refractivity contribution in [3.05, 3.63) is 72.1 Å². The van der Waals surface area contributed by atoms with Gasteiger partial charge in [0.15, 0.2) is 11.6 Å². The van der Waals surface area contributed by atoms with Gasteiger partial charge in [-0.3, -0.25) is 4.79 Å². The van der Waals surface area contributed by atoms with E-state index in [1.807, 2.05) is 24.3 Å². The summed E-state index contributed by atoms with van der Waals surface area (Å²) in [6, 6.07) is 14.8. The van der Waals surface area contributed by atoms with Gasteiger partial charge in [0.25, 0.3) is 0 Å². The van der Waals surface area contributed by atoms with Crippen LogP contribution in [-0.2, 0) is 0 Å². The quantitative estimate of drug-likeness (QED) is 0.573. The molecule has 0 aliphatic rings. The number of benzene rings is 2. The number of Topliss-reactive ketones (excluding diaryl/α,β-unsaturated/α-hetero) is 1. The molecule has 7 nitrogen and oxygen atoms in total. The van der Waals surface area contributed by atoms with Crippen LogP contribution in [0.3, 0.4) is 0 Å². The molecule has 4 aromatic rings. The Balaban J connectivity index is 1.65. The van der Waals surface area contributed by atoms with Crippen LogP contribution in [0, 0.1) is 17.1 Å². The van der Waals surface area contributed by atoms with Crippen LogP contribution >= 0.6 is 0 Å². The molecule has 0 aliphatic carbocycles. The minimum Gasteiger partial charge on any atom is -0.340 e. The number of nitrogens with one attached hydrogen (secondary N) is 1. The second-order valence-corrected chi connectivity index (χ2v) is 5.56. The van der Waals surface area contributed by atoms with Crippen LogP contribution in [-0.4, -0.2) is 30.7 Å². The molecule has 126 valence electrons. The number of H-pyrrole nitrogens is 1. The molecule has 0 fully saturated rings. The van der Waals surface area contributed by atoms with Crippen LogP contribution in [0.2, 0.25) is 0 Å². The Bertz CT molecular complexity index is 1110. The molecule has 0 saturated heterocycles. The van der Waals surface area contributed by atoms with Crippen molar-refractivity contribution in [3.8, 4) is 11.8 Å². The van der Waals surface area contributed by atoms with E-state index in [2.05, 4.69) is 20.2 Å². The Morgan fingerprint density at radius 2 is 1.96 bits per heavy atom. The van der Waals surface area contributed by atoms with Crippen molar-refractivity contribution in [3.63, 3.8) is 0 Å². The highest BCUT2D eigenvalue weighted by Gasteiger charge is 2.27. The molecule has 2 heterocycles. The SMILES string of the molecule is N#CC(C(=O)c1cnn(-c2ccc(F)cc2)n1)c1nc2ccccc2[nH]1. The van der Waals surface area contributed by atoms with Gasteiger partial charge in [0.1, 0.15) is 11.6 Å². The van der Waals surface area contributed by atoms with E-state index in [4.69, 9.17) is 0 Å². The predicted molar refractivity (Wildman–Crippen MR) is 90.1 cm³/mol. The summed E-state index contributed by atoms with van der Waals surface area (Å²) in [5, 5.41) is 17.6. The van der Waals surface area contributed by atoms with Gasteiger partial charge in [0, 0.05) is 0 Å². The van der Waals surface area contributed by atoms with Gasteiger partial charge in [0.05, 0.1) is 29.0 Å². The maximum Gasteiger partial charge on any atom is 0.209 e. The standard InChI is InChI=1S/C18H11FN6O/c19-11-5-7-12(8-6-11)25-21-10-16(24-25)17(26)13(9-20)18-22-14-3-1-2-4-15(14)23-18/h1-8,10,13H,(H,22,23). The number of imidazole rings is 1. The van der Waals surface area contributed by atoms with E-state index < -0.39 is 11.7 Å². The van der Waals surface area contributed by atoms with Crippen LogP contribution < -0.4 is 0 Å². The van der Waals surface area contributed by atoms with Gasteiger partial charge in [0.2, 0.25) is 5.78 Å². The minimum atomic E-state index is -1.12. The Labute approximate surface area is 146 Å². The van der Waals surface area contributed by atoms with Crippen LogP contribution in [0.1, 0.15) is 22.2 Å². The van der Waals surface area contributed by atoms with Crippen LogP contribution in [0.4, 0.5) is 4.39 Å². The topological polar surface area (TPSA) is 100 Å². The number of aromatic nitrogens is 5. The lowest BCUT2D eigenvalue weighted by atomic mass is 10.0. The van der Waals surface area contributed by atoms with Crippen LogP contribution in [0.25, 0.3) is 16.7 Å². The predicted octanol–water partition coefficient (Wildman–Crippen LogP) is 2.77. The van der Waals surface area contributed by atoms with Gasteiger partial charge in [-0.05, 0) is 36.4 Å². The lowest BCUT2D eigenvalue weighted by Crippen LogP contribution is -2.14. The smallest absolute Gasteiger partial charge is 0.209 e. The number of ketones is 1. The third-order valence-electron chi connectivity index (χ3n) is 3.87. The summed E-state index contributed by atoms with van der Waals surface area (Å²) in [5.74, 6) is -1.76. The first-order valence-corrected chi connectivity index (χ1v) is 7.72. The number of halogens is 1. The fraction of sp³-hybridized carbons (Fsp3) is 0.0556. The number of nitriles is 1. The highest BCUT2D eigenvalue weighted by molar-refractivity contribution is 6.00. The monoisotopic (exact) mass is 346 g/mol. The Morgan fingerprint density at radius 1 is 1.19 bits per heavy atom. The molecule has 0 amide bonds. The minimum absolute atomic E-state index is 0.0290. The van der Waals surface area contributed by atoms with Crippen molar-refractivity contribution in [1.29, 1.82) is 5.26 Å². The molecule has 1 N–H and O–H groups in total. The zero-order chi connectivity index (χ0) is 18.1. The number of nitrogens with zero attached hydrogens (tertiary/aromatic N) is 5. The summed E-state index contributed by atoms with van der Waals surface area (Å²) in [6.45, 7) is 0. The fourth-order valence-electron chi connectivity index (χ4n) is 2.58. The summed E-state index contributed by atoms with van der Waals surface area (Å²) < 4.78 is 13.0. The van der Waals surface area contributed by atoms with Crippen molar-refractivity contribution in [1.82, 2.24) is 25.0 Å². The van der Waals surface area contributed by atoms with Gasteiger partial charge in [-0.15, -0.1) is 5.10 Å². The average molecular weight is 346 g/mol. The molecule has 0 radical (unpaired) electrons.